The van der Waals surface area contributed by atoms with Gasteiger partial charge < -0.3 is 10.9 Å². The molecule has 0 spiro atoms. The molecule has 17 heavy (non-hydrogen) atoms. The molecule has 3 N–H and O–H groups in total. The number of hydrogen-bond donors (Lipinski definition) is 2. The van der Waals surface area contributed by atoms with Crippen molar-refractivity contribution in [2.24, 2.45) is 10.9 Å². The molecule has 6 nitrogen and oxygen atoms in total. The van der Waals surface area contributed by atoms with Gasteiger partial charge in [-0.25, -0.2) is 8.42 Å². The molecule has 1 saturated heterocycles. The van der Waals surface area contributed by atoms with Crippen molar-refractivity contribution in [2.75, 3.05) is 18.1 Å². The molecule has 0 aromatic carbocycles. The zero-order chi connectivity index (χ0) is 12.5. The van der Waals surface area contributed by atoms with Crippen molar-refractivity contribution < 1.29 is 13.6 Å². The van der Waals surface area contributed by atoms with Crippen LogP contribution in [0.15, 0.2) is 5.16 Å². The molecule has 2 aliphatic rings. The van der Waals surface area contributed by atoms with Gasteiger partial charge >= 0.3 is 0 Å². The average Bonchev–Trinajstić information content (AvgIpc) is 3.04. The zero-order valence-corrected chi connectivity index (χ0v) is 10.6. The molecule has 0 amide bonds. The molecule has 98 valence electrons. The predicted octanol–water partition coefficient (Wildman–Crippen LogP) is -0.226. The number of sulfone groups is 1. The predicted molar refractivity (Wildman–Crippen MR) is 64.8 cm³/mol. The van der Waals surface area contributed by atoms with Crippen molar-refractivity contribution in [3.63, 3.8) is 0 Å². The second-order valence-electron chi connectivity index (χ2n) is 4.87. The largest absolute Gasteiger partial charge is 0.409 e. The Kier molecular flexibility index (Phi) is 3.58. The Bertz CT molecular complexity index is 403. The maximum absolute atomic E-state index is 11.5. The minimum absolute atomic E-state index is 0.124. The van der Waals surface area contributed by atoms with Gasteiger partial charge in [0.25, 0.3) is 0 Å². The first-order valence-corrected chi connectivity index (χ1v) is 7.76. The van der Waals surface area contributed by atoms with Gasteiger partial charge in [-0.05, 0) is 19.3 Å². The van der Waals surface area contributed by atoms with Crippen LogP contribution in [-0.4, -0.2) is 54.5 Å². The summed E-state index contributed by atoms with van der Waals surface area (Å²) >= 11 is 0. The minimum atomic E-state index is -2.84. The molecule has 7 heteroatoms. The second-order valence-corrected chi connectivity index (χ2v) is 7.10. The van der Waals surface area contributed by atoms with Gasteiger partial charge in [-0.1, -0.05) is 5.16 Å². The fourth-order valence-electron chi connectivity index (χ4n) is 2.40. The van der Waals surface area contributed by atoms with Crippen LogP contribution in [-0.2, 0) is 9.84 Å². The Hall–Kier alpha value is -0.820. The topological polar surface area (TPSA) is 96.0 Å². The molecule has 2 rings (SSSR count). The van der Waals surface area contributed by atoms with E-state index in [1.165, 1.54) is 0 Å². The Morgan fingerprint density at radius 2 is 2.06 bits per heavy atom. The molecule has 2 fully saturated rings. The van der Waals surface area contributed by atoms with Gasteiger partial charge in [0.15, 0.2) is 9.84 Å². The summed E-state index contributed by atoms with van der Waals surface area (Å²) in [5, 5.41) is 11.4. The van der Waals surface area contributed by atoms with Crippen LogP contribution in [0.25, 0.3) is 0 Å². The monoisotopic (exact) mass is 261 g/mol. The first kappa shape index (κ1) is 12.6. The Balaban J connectivity index is 1.94. The van der Waals surface area contributed by atoms with Gasteiger partial charge in [0.1, 0.15) is 5.84 Å². The number of nitrogens with zero attached hydrogens (tertiary/aromatic N) is 2. The van der Waals surface area contributed by atoms with E-state index in [9.17, 15) is 8.42 Å². The Labute approximate surface area is 101 Å². The molecule has 0 radical (unpaired) electrons. The standard InChI is InChI=1S/C10H19N3O3S/c11-10(12-14)3-5-13(8-1-2-8)9-4-6-17(15,16)7-9/h8-9,14H,1-7H2,(H2,11,12). The fourth-order valence-corrected chi connectivity index (χ4v) is 4.14. The SMILES string of the molecule is NC(CCN(C1CC1)C1CCS(=O)(=O)C1)=NO. The number of rotatable bonds is 5. The van der Waals surface area contributed by atoms with E-state index in [0.29, 0.717) is 24.8 Å². The summed E-state index contributed by atoms with van der Waals surface area (Å²) in [4.78, 5) is 2.22. The molecule has 1 aliphatic carbocycles. The van der Waals surface area contributed by atoms with E-state index in [0.717, 1.165) is 19.3 Å². The summed E-state index contributed by atoms with van der Waals surface area (Å²) in [6, 6.07) is 0.624. The van der Waals surface area contributed by atoms with Crippen LogP contribution in [0.4, 0.5) is 0 Å². The molecule has 1 saturated carbocycles. The Morgan fingerprint density at radius 3 is 2.53 bits per heavy atom. The van der Waals surface area contributed by atoms with Gasteiger partial charge in [-0.3, -0.25) is 4.90 Å². The third-order valence-electron chi connectivity index (χ3n) is 3.45. The second kappa shape index (κ2) is 4.81. The quantitative estimate of drug-likeness (QED) is 0.308. The maximum atomic E-state index is 11.5. The van der Waals surface area contributed by atoms with Crippen molar-refractivity contribution in [1.82, 2.24) is 4.90 Å². The van der Waals surface area contributed by atoms with E-state index in [1.807, 2.05) is 0 Å². The molecule has 1 unspecified atom stereocenters. The highest BCUT2D eigenvalue weighted by molar-refractivity contribution is 7.91. The van der Waals surface area contributed by atoms with E-state index in [1.54, 1.807) is 0 Å². The third kappa shape index (κ3) is 3.32. The lowest BCUT2D eigenvalue weighted by Gasteiger charge is -2.27. The van der Waals surface area contributed by atoms with Crippen LogP contribution in [0.5, 0.6) is 0 Å². The number of oxime groups is 1. The van der Waals surface area contributed by atoms with Gasteiger partial charge in [-0.15, -0.1) is 0 Å². The van der Waals surface area contributed by atoms with Crippen LogP contribution in [0, 0.1) is 0 Å². The summed E-state index contributed by atoms with van der Waals surface area (Å²) in [6.07, 6.45) is 3.47. The highest BCUT2D eigenvalue weighted by Gasteiger charge is 2.39. The number of hydrogen-bond acceptors (Lipinski definition) is 5. The molecular formula is C10H19N3O3S. The summed E-state index contributed by atoms with van der Waals surface area (Å²) in [7, 11) is -2.84. The van der Waals surface area contributed by atoms with Gasteiger partial charge in [0.2, 0.25) is 0 Å². The molecule has 1 atom stereocenters. The Morgan fingerprint density at radius 1 is 1.35 bits per heavy atom. The van der Waals surface area contributed by atoms with Crippen molar-refractivity contribution in [1.29, 1.82) is 0 Å². The zero-order valence-electron chi connectivity index (χ0n) is 9.75. The summed E-state index contributed by atoms with van der Waals surface area (Å²) in [5.74, 6) is 0.765. The highest BCUT2D eigenvalue weighted by Crippen LogP contribution is 2.32. The van der Waals surface area contributed by atoms with Crippen LogP contribution >= 0.6 is 0 Å². The molecule has 0 aromatic rings. The average molecular weight is 261 g/mol. The number of nitrogens with two attached hydrogens (primary N) is 1. The lowest BCUT2D eigenvalue weighted by atomic mass is 10.2. The van der Waals surface area contributed by atoms with Crippen LogP contribution < -0.4 is 5.73 Å². The van der Waals surface area contributed by atoms with Gasteiger partial charge in [-0.2, -0.15) is 0 Å². The maximum Gasteiger partial charge on any atom is 0.151 e. The first-order chi connectivity index (χ1) is 8.02. The summed E-state index contributed by atoms with van der Waals surface area (Å²) in [6.45, 7) is 0.681. The minimum Gasteiger partial charge on any atom is -0.409 e. The van der Waals surface area contributed by atoms with Crippen LogP contribution in [0.3, 0.4) is 0 Å². The molecule has 1 aliphatic heterocycles. The van der Waals surface area contributed by atoms with Crippen molar-refractivity contribution in [3.05, 3.63) is 0 Å². The lowest BCUT2D eigenvalue weighted by molar-refractivity contribution is 0.207. The lowest BCUT2D eigenvalue weighted by Crippen LogP contribution is -2.40. The van der Waals surface area contributed by atoms with Crippen molar-refractivity contribution >= 4 is 15.7 Å². The molecule has 0 aromatic heterocycles. The van der Waals surface area contributed by atoms with Crippen LogP contribution in [0.1, 0.15) is 25.7 Å². The van der Waals surface area contributed by atoms with E-state index < -0.39 is 9.84 Å². The van der Waals surface area contributed by atoms with E-state index in [2.05, 4.69) is 10.1 Å². The third-order valence-corrected chi connectivity index (χ3v) is 5.20. The fraction of sp³-hybridized carbons (Fsp3) is 0.900. The van der Waals surface area contributed by atoms with Crippen molar-refractivity contribution in [2.45, 2.75) is 37.8 Å². The van der Waals surface area contributed by atoms with Gasteiger partial charge in [0, 0.05) is 25.0 Å². The van der Waals surface area contributed by atoms with Crippen LogP contribution in [0.2, 0.25) is 0 Å². The highest BCUT2D eigenvalue weighted by atomic mass is 32.2. The van der Waals surface area contributed by atoms with Crippen molar-refractivity contribution in [3.8, 4) is 0 Å². The smallest absolute Gasteiger partial charge is 0.151 e. The van der Waals surface area contributed by atoms with Gasteiger partial charge in [0.05, 0.1) is 11.5 Å². The first-order valence-electron chi connectivity index (χ1n) is 5.94. The normalized spacial score (nSPS) is 28.8. The molecular weight excluding hydrogens is 242 g/mol. The van der Waals surface area contributed by atoms with E-state index >= 15 is 0 Å². The van der Waals surface area contributed by atoms with E-state index in [4.69, 9.17) is 10.9 Å². The molecule has 0 bridgehead atoms. The van der Waals surface area contributed by atoms with E-state index in [-0.39, 0.29) is 17.6 Å². The summed E-state index contributed by atoms with van der Waals surface area (Å²) in [5.41, 5.74) is 5.45. The number of amidine groups is 1. The molecule has 1 heterocycles. The summed E-state index contributed by atoms with van der Waals surface area (Å²) < 4.78 is 22.9.